The van der Waals surface area contributed by atoms with E-state index in [1.165, 1.54) is 0 Å². The number of pyridine rings is 1. The molecular weight excluding hydrogens is 440 g/mol. The van der Waals surface area contributed by atoms with E-state index in [4.69, 9.17) is 26.1 Å². The van der Waals surface area contributed by atoms with E-state index in [2.05, 4.69) is 11.4 Å². The van der Waals surface area contributed by atoms with Gasteiger partial charge >= 0.3 is 5.97 Å². The Morgan fingerprint density at radius 2 is 1.91 bits per heavy atom. The van der Waals surface area contributed by atoms with Crippen molar-refractivity contribution in [3.63, 3.8) is 0 Å². The third kappa shape index (κ3) is 5.41. The van der Waals surface area contributed by atoms with Crippen molar-refractivity contribution in [2.24, 2.45) is 0 Å². The number of allylic oxidation sites excluding steroid dienone is 1. The van der Waals surface area contributed by atoms with Crippen LogP contribution in [0.15, 0.2) is 48.5 Å². The molecule has 1 heterocycles. The normalized spacial score (nSPS) is 14.2. The third-order valence-corrected chi connectivity index (χ3v) is 5.80. The smallest absolute Gasteiger partial charge is 0.339 e. The maximum absolute atomic E-state index is 13.2. The Bertz CT molecular complexity index is 1200. The number of hydrogen-bond acceptors (Lipinski definition) is 5. The van der Waals surface area contributed by atoms with Crippen LogP contribution in [0.25, 0.3) is 22.6 Å². The third-order valence-electron chi connectivity index (χ3n) is 5.55. The van der Waals surface area contributed by atoms with Crippen molar-refractivity contribution in [2.45, 2.75) is 19.3 Å². The highest BCUT2D eigenvalue weighted by Crippen LogP contribution is 2.36. The van der Waals surface area contributed by atoms with Gasteiger partial charge in [0, 0.05) is 24.1 Å². The molecule has 3 aromatic rings. The second kappa shape index (κ2) is 10.6. The van der Waals surface area contributed by atoms with Crippen LogP contribution >= 0.6 is 11.6 Å². The van der Waals surface area contributed by atoms with Gasteiger partial charge in [-0.05, 0) is 60.2 Å². The van der Waals surface area contributed by atoms with E-state index in [0.29, 0.717) is 23.7 Å². The van der Waals surface area contributed by atoms with Crippen molar-refractivity contribution in [3.05, 3.63) is 75.9 Å². The molecule has 0 aliphatic heterocycles. The molecule has 6 nitrogen and oxygen atoms in total. The summed E-state index contributed by atoms with van der Waals surface area (Å²) in [6.07, 6.45) is 4.56. The monoisotopic (exact) mass is 464 g/mol. The summed E-state index contributed by atoms with van der Waals surface area (Å²) in [4.78, 5) is 30.1. The molecule has 1 amide bonds. The molecule has 1 aliphatic rings. The molecule has 0 bridgehead atoms. The maximum atomic E-state index is 13.2. The Morgan fingerprint density at radius 1 is 1.12 bits per heavy atom. The molecule has 0 radical (unpaired) electrons. The topological polar surface area (TPSA) is 77.5 Å². The number of methoxy groups -OCH3 is 1. The van der Waals surface area contributed by atoms with E-state index < -0.39 is 5.97 Å². The summed E-state index contributed by atoms with van der Waals surface area (Å²) in [5.74, 6) is -0.879. The van der Waals surface area contributed by atoms with Crippen molar-refractivity contribution in [1.29, 1.82) is 0 Å². The fraction of sp³-hybridized carbons (Fsp3) is 0.269. The lowest BCUT2D eigenvalue weighted by atomic mass is 9.86. The Kier molecular flexibility index (Phi) is 7.37. The van der Waals surface area contributed by atoms with Gasteiger partial charge in [0.05, 0.1) is 23.4 Å². The maximum Gasteiger partial charge on any atom is 0.339 e. The van der Waals surface area contributed by atoms with Crippen LogP contribution in [0, 0.1) is 0 Å². The zero-order chi connectivity index (χ0) is 23.2. The van der Waals surface area contributed by atoms with Crippen LogP contribution in [0.1, 0.15) is 40.0 Å². The van der Waals surface area contributed by atoms with Crippen molar-refractivity contribution in [2.75, 3.05) is 26.9 Å². The quantitative estimate of drug-likeness (QED) is 0.405. The minimum Gasteiger partial charge on any atom is -0.452 e. The van der Waals surface area contributed by atoms with Crippen LogP contribution in [-0.2, 0) is 20.7 Å². The lowest BCUT2D eigenvalue weighted by Gasteiger charge is -2.22. The van der Waals surface area contributed by atoms with Gasteiger partial charge in [-0.3, -0.25) is 4.79 Å². The molecule has 7 heteroatoms. The van der Waals surface area contributed by atoms with Gasteiger partial charge in [-0.2, -0.15) is 0 Å². The molecule has 1 N–H and O–H groups in total. The van der Waals surface area contributed by atoms with Crippen molar-refractivity contribution < 1.29 is 19.1 Å². The van der Waals surface area contributed by atoms with Gasteiger partial charge in [0.15, 0.2) is 6.61 Å². The Morgan fingerprint density at radius 3 is 2.70 bits per heavy atom. The number of rotatable bonds is 7. The first-order valence-corrected chi connectivity index (χ1v) is 11.3. The zero-order valence-corrected chi connectivity index (χ0v) is 19.2. The highest BCUT2D eigenvalue weighted by molar-refractivity contribution is 6.30. The number of nitrogens with zero attached hydrogens (tertiary/aromatic N) is 1. The van der Waals surface area contributed by atoms with Gasteiger partial charge < -0.3 is 14.8 Å². The predicted molar refractivity (Wildman–Crippen MR) is 129 cm³/mol. The summed E-state index contributed by atoms with van der Waals surface area (Å²) in [6.45, 7) is 0.408. The number of benzene rings is 2. The molecule has 1 aliphatic carbocycles. The Labute approximate surface area is 197 Å². The van der Waals surface area contributed by atoms with Crippen LogP contribution in [0.4, 0.5) is 0 Å². The standard InChI is InChI=1S/C26H25ClN2O4/c1-32-14-13-28-23(30)16-33-26(31)24-20-6-2-3-8-22(20)29-25-18(5-4-7-21(24)25)15-17-9-11-19(27)12-10-17/h2-3,6,8-12,15H,4-5,7,13-14,16H2,1H3,(H,28,30)/b18-15+. The number of hydrogen-bond donors (Lipinski definition) is 1. The Balaban J connectivity index is 1.69. The first-order chi connectivity index (χ1) is 16.1. The number of nitrogens with one attached hydrogen (secondary N) is 1. The summed E-state index contributed by atoms with van der Waals surface area (Å²) >= 11 is 6.02. The van der Waals surface area contributed by atoms with E-state index in [0.717, 1.165) is 52.6 Å². The number of aromatic nitrogens is 1. The lowest BCUT2D eigenvalue weighted by Crippen LogP contribution is -2.31. The van der Waals surface area contributed by atoms with Crippen LogP contribution in [0.5, 0.6) is 0 Å². The van der Waals surface area contributed by atoms with E-state index in [-0.39, 0.29) is 12.5 Å². The number of ether oxygens (including phenoxy) is 2. The number of para-hydroxylation sites is 1. The van der Waals surface area contributed by atoms with Crippen LogP contribution in [0.2, 0.25) is 5.02 Å². The molecule has 0 unspecified atom stereocenters. The predicted octanol–water partition coefficient (Wildman–Crippen LogP) is 4.68. The zero-order valence-electron chi connectivity index (χ0n) is 18.4. The molecule has 0 saturated heterocycles. The van der Waals surface area contributed by atoms with E-state index in [1.807, 2.05) is 48.5 Å². The highest BCUT2D eigenvalue weighted by Gasteiger charge is 2.26. The average molecular weight is 465 g/mol. The molecule has 33 heavy (non-hydrogen) atoms. The highest BCUT2D eigenvalue weighted by atomic mass is 35.5. The van der Waals surface area contributed by atoms with Gasteiger partial charge in [0.1, 0.15) is 0 Å². The van der Waals surface area contributed by atoms with Crippen LogP contribution < -0.4 is 5.32 Å². The molecule has 0 fully saturated rings. The number of carbonyl (C=O) groups excluding carboxylic acids is 2. The molecule has 1 aromatic heterocycles. The van der Waals surface area contributed by atoms with E-state index >= 15 is 0 Å². The summed E-state index contributed by atoms with van der Waals surface area (Å²) < 4.78 is 10.3. The molecule has 2 aromatic carbocycles. The number of fused-ring (bicyclic) bond motifs is 2. The fourth-order valence-corrected chi connectivity index (χ4v) is 4.14. The Hall–Kier alpha value is -3.22. The van der Waals surface area contributed by atoms with Gasteiger partial charge in [0.2, 0.25) is 0 Å². The second-order valence-electron chi connectivity index (χ2n) is 7.82. The van der Waals surface area contributed by atoms with Gasteiger partial charge in [-0.25, -0.2) is 9.78 Å². The number of halogens is 1. The van der Waals surface area contributed by atoms with Crippen molar-refractivity contribution in [1.82, 2.24) is 10.3 Å². The van der Waals surface area contributed by atoms with Crippen molar-refractivity contribution >= 4 is 46.0 Å². The molecule has 0 atom stereocenters. The van der Waals surface area contributed by atoms with Gasteiger partial charge in [0.25, 0.3) is 5.91 Å². The number of esters is 1. The fourth-order valence-electron chi connectivity index (χ4n) is 4.02. The van der Waals surface area contributed by atoms with Crippen molar-refractivity contribution in [3.8, 4) is 0 Å². The average Bonchev–Trinajstić information content (AvgIpc) is 2.83. The first kappa shape index (κ1) is 23.0. The summed E-state index contributed by atoms with van der Waals surface area (Å²) in [6, 6.07) is 15.2. The van der Waals surface area contributed by atoms with E-state index in [9.17, 15) is 9.59 Å². The van der Waals surface area contributed by atoms with Gasteiger partial charge in [-0.1, -0.05) is 41.9 Å². The minimum atomic E-state index is -0.514. The molecule has 4 rings (SSSR count). The number of carbonyl (C=O) groups is 2. The lowest BCUT2D eigenvalue weighted by molar-refractivity contribution is -0.124. The largest absolute Gasteiger partial charge is 0.452 e. The SMILES string of the molecule is COCCNC(=O)COC(=O)c1c2c(nc3ccccc13)/C(=C/c1ccc(Cl)cc1)CCC2. The number of amides is 1. The van der Waals surface area contributed by atoms with Gasteiger partial charge in [-0.15, -0.1) is 0 Å². The second-order valence-corrected chi connectivity index (χ2v) is 8.26. The summed E-state index contributed by atoms with van der Waals surface area (Å²) in [7, 11) is 1.56. The molecule has 170 valence electrons. The molecule has 0 saturated carbocycles. The minimum absolute atomic E-state index is 0.346. The van der Waals surface area contributed by atoms with E-state index in [1.54, 1.807) is 7.11 Å². The van der Waals surface area contributed by atoms with Crippen LogP contribution in [0.3, 0.4) is 0 Å². The van der Waals surface area contributed by atoms with Crippen LogP contribution in [-0.4, -0.2) is 43.7 Å². The summed E-state index contributed by atoms with van der Waals surface area (Å²) in [5.41, 5.74) is 4.97. The molecule has 0 spiro atoms. The first-order valence-electron chi connectivity index (χ1n) is 10.9. The summed E-state index contributed by atoms with van der Waals surface area (Å²) in [5, 5.41) is 4.07. The molecular formula is C26H25ClN2O4.